The average molecular weight is 498 g/mol. The van der Waals surface area contributed by atoms with Crippen LogP contribution in [0.5, 0.6) is 5.75 Å². The number of carbonyl (C=O) groups excluding carboxylic acids is 1. The maximum absolute atomic E-state index is 13.5. The number of methoxy groups -OCH3 is 1. The summed E-state index contributed by atoms with van der Waals surface area (Å²) in [5.41, 5.74) is 5.44. The lowest BCUT2D eigenvalue weighted by Gasteiger charge is -2.28. The molecule has 1 aromatic heterocycles. The predicted octanol–water partition coefficient (Wildman–Crippen LogP) is 5.82. The summed E-state index contributed by atoms with van der Waals surface area (Å²) < 4.78 is 7.15. The normalized spacial score (nSPS) is 14.7. The minimum atomic E-state index is -0.448. The van der Waals surface area contributed by atoms with E-state index in [0.717, 1.165) is 28.5 Å². The van der Waals surface area contributed by atoms with Gasteiger partial charge in [-0.15, -0.1) is 5.10 Å². The number of para-hydroxylation sites is 1. The van der Waals surface area contributed by atoms with Crippen LogP contribution in [0.2, 0.25) is 0 Å². The van der Waals surface area contributed by atoms with Crippen molar-refractivity contribution in [2.45, 2.75) is 30.8 Å². The molecule has 0 aliphatic carbocycles. The lowest BCUT2D eigenvalue weighted by molar-refractivity contribution is -0.113. The zero-order chi connectivity index (χ0) is 25.1. The smallest absolute Gasteiger partial charge is 0.255 e. The van der Waals surface area contributed by atoms with E-state index in [1.807, 2.05) is 73.7 Å². The Balaban J connectivity index is 1.49. The molecule has 1 aliphatic heterocycles. The maximum Gasteiger partial charge on any atom is 0.255 e. The summed E-state index contributed by atoms with van der Waals surface area (Å²) >= 11 is 1.58. The van der Waals surface area contributed by atoms with Gasteiger partial charge in [-0.3, -0.25) is 4.79 Å². The van der Waals surface area contributed by atoms with E-state index in [9.17, 15) is 4.79 Å². The summed E-state index contributed by atoms with van der Waals surface area (Å²) in [7, 11) is 1.63. The van der Waals surface area contributed by atoms with Crippen LogP contribution in [0, 0.1) is 6.92 Å². The second-order valence-corrected chi connectivity index (χ2v) is 9.48. The van der Waals surface area contributed by atoms with Crippen LogP contribution >= 0.6 is 11.8 Å². The average Bonchev–Trinajstić information content (AvgIpc) is 3.30. The lowest BCUT2D eigenvalue weighted by atomic mass is 9.95. The van der Waals surface area contributed by atoms with Crippen LogP contribution in [0.25, 0.3) is 0 Å². The number of allylic oxidation sites excluding steroid dienone is 1. The molecule has 2 heterocycles. The second-order valence-electron chi connectivity index (χ2n) is 8.54. The van der Waals surface area contributed by atoms with Gasteiger partial charge in [-0.1, -0.05) is 66.4 Å². The van der Waals surface area contributed by atoms with Crippen LogP contribution in [0.15, 0.2) is 95.3 Å². The predicted molar refractivity (Wildman–Crippen MR) is 143 cm³/mol. The number of hydrogen-bond donors (Lipinski definition) is 2. The number of aryl methyl sites for hydroxylation is 1. The van der Waals surface area contributed by atoms with Gasteiger partial charge in [0.05, 0.1) is 12.7 Å². The van der Waals surface area contributed by atoms with Crippen molar-refractivity contribution in [1.82, 2.24) is 14.8 Å². The Hall–Kier alpha value is -4.04. The summed E-state index contributed by atoms with van der Waals surface area (Å²) in [4.78, 5) is 18.3. The molecule has 8 heteroatoms. The highest BCUT2D eigenvalue weighted by molar-refractivity contribution is 7.98. The molecule has 0 bridgehead atoms. The summed E-state index contributed by atoms with van der Waals surface area (Å²) in [6, 6.07) is 25.0. The van der Waals surface area contributed by atoms with Crippen LogP contribution in [0.3, 0.4) is 0 Å². The Morgan fingerprint density at radius 3 is 2.47 bits per heavy atom. The fourth-order valence-corrected chi connectivity index (χ4v) is 5.12. The van der Waals surface area contributed by atoms with Crippen molar-refractivity contribution in [2.24, 2.45) is 0 Å². The van der Waals surface area contributed by atoms with Gasteiger partial charge in [0.25, 0.3) is 5.91 Å². The van der Waals surface area contributed by atoms with Gasteiger partial charge in [0.1, 0.15) is 11.8 Å². The second kappa shape index (κ2) is 10.3. The third-order valence-corrected chi connectivity index (χ3v) is 7.05. The number of carbonyl (C=O) groups is 1. The number of rotatable bonds is 7. The summed E-state index contributed by atoms with van der Waals surface area (Å²) in [5.74, 6) is 1.92. The molecule has 0 spiro atoms. The van der Waals surface area contributed by atoms with Gasteiger partial charge >= 0.3 is 0 Å². The van der Waals surface area contributed by atoms with E-state index in [-0.39, 0.29) is 5.91 Å². The van der Waals surface area contributed by atoms with Gasteiger partial charge in [-0.05, 0) is 54.8 Å². The monoisotopic (exact) mass is 497 g/mol. The molecule has 3 aromatic carbocycles. The summed E-state index contributed by atoms with van der Waals surface area (Å²) in [6.45, 7) is 4.00. The van der Waals surface area contributed by atoms with Crippen molar-refractivity contribution in [3.63, 3.8) is 0 Å². The van der Waals surface area contributed by atoms with Crippen molar-refractivity contribution < 1.29 is 9.53 Å². The molecule has 0 saturated heterocycles. The van der Waals surface area contributed by atoms with Crippen LogP contribution in [-0.4, -0.2) is 27.8 Å². The van der Waals surface area contributed by atoms with Gasteiger partial charge in [0, 0.05) is 17.1 Å². The molecule has 2 N–H and O–H groups in total. The van der Waals surface area contributed by atoms with E-state index >= 15 is 0 Å². The van der Waals surface area contributed by atoms with Crippen LogP contribution < -0.4 is 15.4 Å². The summed E-state index contributed by atoms with van der Waals surface area (Å²) in [6.07, 6.45) is 0. The third-order valence-electron chi connectivity index (χ3n) is 6.16. The van der Waals surface area contributed by atoms with E-state index in [1.165, 1.54) is 11.1 Å². The maximum atomic E-state index is 13.5. The highest BCUT2D eigenvalue weighted by Gasteiger charge is 2.34. The summed E-state index contributed by atoms with van der Waals surface area (Å²) in [5, 5.41) is 11.8. The number of amides is 1. The molecule has 1 aliphatic rings. The van der Waals surface area contributed by atoms with Crippen LogP contribution in [-0.2, 0) is 10.5 Å². The highest BCUT2D eigenvalue weighted by Crippen LogP contribution is 2.37. The van der Waals surface area contributed by atoms with Crippen LogP contribution in [0.4, 0.5) is 11.6 Å². The first-order valence-electron chi connectivity index (χ1n) is 11.7. The number of nitrogens with one attached hydrogen (secondary N) is 2. The third kappa shape index (κ3) is 4.85. The first-order valence-corrected chi connectivity index (χ1v) is 12.6. The van der Waals surface area contributed by atoms with Crippen molar-refractivity contribution in [3.05, 3.63) is 107 Å². The topological polar surface area (TPSA) is 81.1 Å². The molecule has 182 valence electrons. The molecule has 7 nitrogen and oxygen atoms in total. The highest BCUT2D eigenvalue weighted by atomic mass is 32.2. The molecule has 0 radical (unpaired) electrons. The molecule has 0 fully saturated rings. The van der Waals surface area contributed by atoms with Gasteiger partial charge in [-0.25, -0.2) is 4.68 Å². The first-order chi connectivity index (χ1) is 17.5. The SMILES string of the molecule is COc1ccc([C@@H]2C(C(=O)Nc3ccccc3)=C(C)Nc3nc(SCc4ccccc4C)nn32)cc1. The van der Waals surface area contributed by atoms with E-state index in [1.54, 1.807) is 23.6 Å². The number of aromatic nitrogens is 3. The Morgan fingerprint density at radius 2 is 1.75 bits per heavy atom. The fraction of sp³-hybridized carbons (Fsp3) is 0.179. The number of nitrogens with zero attached hydrogens (tertiary/aromatic N) is 3. The minimum absolute atomic E-state index is 0.192. The quantitative estimate of drug-likeness (QED) is 0.314. The van der Waals surface area contributed by atoms with E-state index in [4.69, 9.17) is 14.8 Å². The minimum Gasteiger partial charge on any atom is -0.497 e. The first kappa shape index (κ1) is 23.7. The zero-order valence-electron chi connectivity index (χ0n) is 20.4. The molecular formula is C28H27N5O2S. The molecule has 36 heavy (non-hydrogen) atoms. The Bertz CT molecular complexity index is 1410. The number of hydrogen-bond acceptors (Lipinski definition) is 6. The number of anilines is 2. The van der Waals surface area contributed by atoms with Gasteiger partial charge in [-0.2, -0.15) is 4.98 Å². The number of ether oxygens (including phenoxy) is 1. The number of fused-ring (bicyclic) bond motifs is 1. The standard InChI is InChI=1S/C28H27N5O2S/c1-18-9-7-8-10-21(18)17-36-28-31-27-29-19(2)24(26(34)30-22-11-5-4-6-12-22)25(33(27)32-28)20-13-15-23(35-3)16-14-20/h4-16,25H,17H2,1-3H3,(H,30,34)(H,29,31,32)/t25-/m1/s1. The van der Waals surface area contributed by atoms with Crippen molar-refractivity contribution in [2.75, 3.05) is 17.7 Å². The Morgan fingerprint density at radius 1 is 1.03 bits per heavy atom. The number of thioether (sulfide) groups is 1. The van der Waals surface area contributed by atoms with Gasteiger partial charge in [0.2, 0.25) is 11.1 Å². The van der Waals surface area contributed by atoms with Crippen molar-refractivity contribution in [1.29, 1.82) is 0 Å². The molecule has 0 saturated carbocycles. The molecule has 1 amide bonds. The van der Waals surface area contributed by atoms with Crippen LogP contribution in [0.1, 0.15) is 29.7 Å². The number of benzene rings is 3. The fourth-order valence-electron chi connectivity index (χ4n) is 4.22. The molecule has 4 aromatic rings. The van der Waals surface area contributed by atoms with E-state index < -0.39 is 6.04 Å². The molecular weight excluding hydrogens is 470 g/mol. The lowest BCUT2D eigenvalue weighted by Crippen LogP contribution is -2.31. The molecule has 1 atom stereocenters. The van der Waals surface area contributed by atoms with E-state index in [2.05, 4.69) is 29.7 Å². The van der Waals surface area contributed by atoms with E-state index in [0.29, 0.717) is 16.7 Å². The van der Waals surface area contributed by atoms with Gasteiger partial charge < -0.3 is 15.4 Å². The van der Waals surface area contributed by atoms with Gasteiger partial charge in [0.15, 0.2) is 0 Å². The van der Waals surface area contributed by atoms with Crippen molar-refractivity contribution >= 4 is 29.3 Å². The Labute approximate surface area is 214 Å². The molecule has 5 rings (SSSR count). The molecule has 0 unspecified atom stereocenters. The largest absolute Gasteiger partial charge is 0.497 e. The Kier molecular flexibility index (Phi) is 6.77. The zero-order valence-corrected chi connectivity index (χ0v) is 21.2. The van der Waals surface area contributed by atoms with Crippen molar-refractivity contribution in [3.8, 4) is 5.75 Å².